The molecule has 5 rings (SSSR count). The molecule has 2 aliphatic rings. The minimum Gasteiger partial charge on any atom is -0.496 e. The second-order valence-electron chi connectivity index (χ2n) is 11.8. The highest BCUT2D eigenvalue weighted by molar-refractivity contribution is 9.10. The van der Waals surface area contributed by atoms with Crippen LogP contribution in [0.2, 0.25) is 0 Å². The Bertz CT molecular complexity index is 1400. The quantitative estimate of drug-likeness (QED) is 0.256. The number of piperazine rings is 1. The lowest BCUT2D eigenvalue weighted by molar-refractivity contribution is 0.0793. The molecule has 0 amide bonds. The third-order valence-electron chi connectivity index (χ3n) is 8.39. The number of hydrogen-bond acceptors (Lipinski definition) is 8. The zero-order chi connectivity index (χ0) is 30.0. The van der Waals surface area contributed by atoms with Gasteiger partial charge in [0, 0.05) is 61.3 Å². The van der Waals surface area contributed by atoms with Crippen LogP contribution < -0.4 is 15.4 Å². The molecule has 8 nitrogen and oxygen atoms in total. The van der Waals surface area contributed by atoms with Crippen molar-refractivity contribution in [3.8, 4) is 5.75 Å². The first-order valence-corrected chi connectivity index (χ1v) is 15.2. The van der Waals surface area contributed by atoms with E-state index in [-0.39, 0.29) is 17.6 Å². The summed E-state index contributed by atoms with van der Waals surface area (Å²) >= 11 is 3.42. The Hall–Kier alpha value is -2.86. The van der Waals surface area contributed by atoms with E-state index in [2.05, 4.69) is 53.4 Å². The van der Waals surface area contributed by atoms with E-state index in [1.54, 1.807) is 33.1 Å². The van der Waals surface area contributed by atoms with Crippen molar-refractivity contribution in [2.24, 2.45) is 0 Å². The number of methoxy groups -OCH3 is 1. The third kappa shape index (κ3) is 7.02. The van der Waals surface area contributed by atoms with Gasteiger partial charge in [-0.15, -0.1) is 0 Å². The molecule has 226 valence electrons. The van der Waals surface area contributed by atoms with Gasteiger partial charge in [0.1, 0.15) is 23.2 Å². The van der Waals surface area contributed by atoms with Crippen LogP contribution in [-0.2, 0) is 5.60 Å². The topological polar surface area (TPSA) is 85.8 Å². The summed E-state index contributed by atoms with van der Waals surface area (Å²) in [6, 6.07) is 7.93. The maximum atomic E-state index is 15.5. The van der Waals surface area contributed by atoms with Crippen molar-refractivity contribution in [2.75, 3.05) is 51.0 Å². The molecule has 3 aromatic rings. The van der Waals surface area contributed by atoms with Crippen molar-refractivity contribution in [3.63, 3.8) is 0 Å². The molecule has 0 unspecified atom stereocenters. The normalized spacial score (nSPS) is 20.4. The Morgan fingerprint density at radius 2 is 1.71 bits per heavy atom. The number of hydrogen-bond donors (Lipinski definition) is 3. The molecular formula is C31H39BrF2N6O2. The number of rotatable bonds is 8. The van der Waals surface area contributed by atoms with E-state index in [0.29, 0.717) is 33.3 Å². The maximum absolute atomic E-state index is 15.5. The summed E-state index contributed by atoms with van der Waals surface area (Å²) in [6.07, 6.45) is 5.71. The number of anilines is 4. The zero-order valence-corrected chi connectivity index (χ0v) is 26.1. The first-order valence-electron chi connectivity index (χ1n) is 14.4. The van der Waals surface area contributed by atoms with Crippen LogP contribution in [0.4, 0.5) is 31.9 Å². The predicted molar refractivity (Wildman–Crippen MR) is 165 cm³/mol. The highest BCUT2D eigenvalue weighted by Crippen LogP contribution is 2.41. The molecule has 2 heterocycles. The molecule has 0 spiro atoms. The summed E-state index contributed by atoms with van der Waals surface area (Å²) in [5.74, 6) is 0.460. The summed E-state index contributed by atoms with van der Waals surface area (Å²) < 4.78 is 35.8. The Morgan fingerprint density at radius 3 is 2.38 bits per heavy atom. The van der Waals surface area contributed by atoms with Crippen molar-refractivity contribution < 1.29 is 18.6 Å². The number of benzene rings is 2. The highest BCUT2D eigenvalue weighted by atomic mass is 79.9. The average molecular weight is 646 g/mol. The van der Waals surface area contributed by atoms with E-state index in [0.717, 1.165) is 57.4 Å². The molecule has 3 N–H and O–H groups in total. The van der Waals surface area contributed by atoms with Crippen molar-refractivity contribution in [2.45, 2.75) is 57.1 Å². The Kier molecular flexibility index (Phi) is 9.31. The first-order chi connectivity index (χ1) is 20.0. The molecule has 1 aliphatic carbocycles. The molecule has 11 heteroatoms. The summed E-state index contributed by atoms with van der Waals surface area (Å²) in [5.41, 5.74) is 0.710. The molecule has 2 aromatic carbocycles. The summed E-state index contributed by atoms with van der Waals surface area (Å²) in [4.78, 5) is 13.8. The van der Waals surface area contributed by atoms with Gasteiger partial charge < -0.3 is 25.4 Å². The summed E-state index contributed by atoms with van der Waals surface area (Å²) in [6.45, 7) is 7.68. The highest BCUT2D eigenvalue weighted by Gasteiger charge is 2.30. The average Bonchev–Trinajstić information content (AvgIpc) is 2.95. The van der Waals surface area contributed by atoms with Gasteiger partial charge in [0.2, 0.25) is 5.95 Å². The van der Waals surface area contributed by atoms with Crippen LogP contribution in [0.15, 0.2) is 41.0 Å². The molecule has 0 bridgehead atoms. The minimum atomic E-state index is -1.22. The Morgan fingerprint density at radius 1 is 1.00 bits per heavy atom. The van der Waals surface area contributed by atoms with Gasteiger partial charge >= 0.3 is 0 Å². The van der Waals surface area contributed by atoms with E-state index < -0.39 is 17.2 Å². The van der Waals surface area contributed by atoms with Crippen molar-refractivity contribution >= 4 is 39.1 Å². The predicted octanol–water partition coefficient (Wildman–Crippen LogP) is 6.51. The van der Waals surface area contributed by atoms with E-state index in [1.807, 2.05) is 0 Å². The van der Waals surface area contributed by atoms with Crippen molar-refractivity contribution in [1.29, 1.82) is 0 Å². The SMILES string of the molecule is COc1cc(Nc2ncc(Br)c(Nc3cc(F)ccc3C(C)(C)O)n2)c(F)cc1C1CCC(N2CCN(C)CC2)CC1. The fourth-order valence-electron chi connectivity index (χ4n) is 6.02. The maximum Gasteiger partial charge on any atom is 0.229 e. The molecule has 1 aliphatic heterocycles. The molecule has 0 radical (unpaired) electrons. The summed E-state index contributed by atoms with van der Waals surface area (Å²) in [7, 11) is 3.78. The van der Waals surface area contributed by atoms with E-state index >= 15 is 4.39 Å². The van der Waals surface area contributed by atoms with Crippen molar-refractivity contribution in [3.05, 3.63) is 63.8 Å². The zero-order valence-electron chi connectivity index (χ0n) is 24.6. The van der Waals surface area contributed by atoms with E-state index in [9.17, 15) is 9.50 Å². The fourth-order valence-corrected chi connectivity index (χ4v) is 6.31. The van der Waals surface area contributed by atoms with Crippen molar-refractivity contribution in [1.82, 2.24) is 19.8 Å². The van der Waals surface area contributed by atoms with Crippen LogP contribution in [-0.4, -0.2) is 71.3 Å². The number of ether oxygens (including phenoxy) is 1. The van der Waals surface area contributed by atoms with Gasteiger partial charge in [-0.1, -0.05) is 6.07 Å². The molecular weight excluding hydrogens is 606 g/mol. The smallest absolute Gasteiger partial charge is 0.229 e. The summed E-state index contributed by atoms with van der Waals surface area (Å²) in [5, 5.41) is 16.6. The van der Waals surface area contributed by atoms with Gasteiger partial charge in [0.25, 0.3) is 0 Å². The third-order valence-corrected chi connectivity index (χ3v) is 8.97. The van der Waals surface area contributed by atoms with E-state index in [4.69, 9.17) is 4.74 Å². The number of likely N-dealkylation sites (N-methyl/N-ethyl adjacent to an activating group) is 1. The number of aromatic nitrogens is 2. The fraction of sp³-hybridized carbons (Fsp3) is 0.484. The van der Waals surface area contributed by atoms with Crippen LogP contribution in [0.3, 0.4) is 0 Å². The lowest BCUT2D eigenvalue weighted by Gasteiger charge is -2.41. The molecule has 1 saturated carbocycles. The molecule has 42 heavy (non-hydrogen) atoms. The number of nitrogens with zero attached hydrogens (tertiary/aromatic N) is 4. The Labute approximate surface area is 254 Å². The largest absolute Gasteiger partial charge is 0.496 e. The van der Waals surface area contributed by atoms with Gasteiger partial charge in [-0.3, -0.25) is 4.90 Å². The second kappa shape index (κ2) is 12.8. The van der Waals surface area contributed by atoms with Crippen LogP contribution >= 0.6 is 15.9 Å². The second-order valence-corrected chi connectivity index (χ2v) is 12.7. The standard InChI is InChI=1S/C31H39BrF2N6O2/c1-31(2,41)23-10-7-20(33)15-26(23)36-29-24(32)18-35-30(38-29)37-27-17-28(42-4)22(16-25(27)34)19-5-8-21(9-6-19)40-13-11-39(3)12-14-40/h7,10,15-19,21,41H,5-6,8-9,11-14H2,1-4H3,(H2,35,36,37,38). The lowest BCUT2D eigenvalue weighted by Crippen LogP contribution is -2.49. The molecule has 2 fully saturated rings. The van der Waals surface area contributed by atoms with E-state index in [1.165, 1.54) is 24.4 Å². The van der Waals surface area contributed by atoms with Gasteiger partial charge in [-0.2, -0.15) is 4.98 Å². The lowest BCUT2D eigenvalue weighted by atomic mass is 9.80. The molecule has 1 aromatic heterocycles. The van der Waals surface area contributed by atoms with Gasteiger partial charge in [-0.05, 0) is 86.6 Å². The number of halogens is 3. The van der Waals surface area contributed by atoms with Crippen LogP contribution in [0, 0.1) is 11.6 Å². The first kappa shape index (κ1) is 30.6. The number of nitrogens with one attached hydrogen (secondary N) is 2. The Balaban J connectivity index is 1.31. The van der Waals surface area contributed by atoms with Crippen LogP contribution in [0.5, 0.6) is 5.75 Å². The molecule has 1 saturated heterocycles. The molecule has 0 atom stereocenters. The van der Waals surface area contributed by atoms with Gasteiger partial charge in [-0.25, -0.2) is 13.8 Å². The van der Waals surface area contributed by atoms with Crippen LogP contribution in [0.25, 0.3) is 0 Å². The monoisotopic (exact) mass is 644 g/mol. The van der Waals surface area contributed by atoms with Gasteiger partial charge in [0.15, 0.2) is 0 Å². The minimum absolute atomic E-state index is 0.142. The van der Waals surface area contributed by atoms with Crippen LogP contribution in [0.1, 0.15) is 56.6 Å². The van der Waals surface area contributed by atoms with Gasteiger partial charge in [0.05, 0.1) is 22.9 Å². The number of aliphatic hydroxyl groups is 1.